The van der Waals surface area contributed by atoms with Crippen LogP contribution >= 0.6 is 0 Å². The van der Waals surface area contributed by atoms with Crippen LogP contribution in [0.25, 0.3) is 0 Å². The van der Waals surface area contributed by atoms with Gasteiger partial charge >= 0.3 is 6.03 Å². The van der Waals surface area contributed by atoms with Crippen LogP contribution in [-0.4, -0.2) is 29.4 Å². The molecular weight excluding hydrogens is 363 g/mol. The van der Waals surface area contributed by atoms with Crippen molar-refractivity contribution in [3.8, 4) is 11.8 Å². The maximum absolute atomic E-state index is 14.5. The third-order valence-electron chi connectivity index (χ3n) is 5.12. The molecule has 0 radical (unpaired) electrons. The Balaban J connectivity index is 1.49. The summed E-state index contributed by atoms with van der Waals surface area (Å²) in [6.07, 6.45) is 1.66. The maximum Gasteiger partial charge on any atom is 0.320 e. The predicted octanol–water partition coefficient (Wildman–Crippen LogP) is 2.98. The number of anilines is 1. The molecule has 1 aliphatic carbocycles. The molecule has 2 amide bonds. The summed E-state index contributed by atoms with van der Waals surface area (Å²) in [6, 6.07) is 6.99. The molecular formula is C20H17FN4O3. The van der Waals surface area contributed by atoms with E-state index < -0.39 is 11.8 Å². The first kappa shape index (κ1) is 17.9. The molecule has 1 aromatic carbocycles. The minimum Gasteiger partial charge on any atom is -0.492 e. The van der Waals surface area contributed by atoms with E-state index in [1.807, 2.05) is 6.07 Å². The SMILES string of the molecule is CCC(=O)c1ccc(F)c2c1OCC1[C@@H](NC(=O)Nc3ccc(C#N)cn3)[C@@H]21. The topological polar surface area (TPSA) is 104 Å². The van der Waals surface area contributed by atoms with Crippen molar-refractivity contribution in [1.82, 2.24) is 10.3 Å². The number of hydrogen-bond acceptors (Lipinski definition) is 5. The van der Waals surface area contributed by atoms with E-state index in [0.29, 0.717) is 41.3 Å². The van der Waals surface area contributed by atoms with E-state index in [9.17, 15) is 14.0 Å². The van der Waals surface area contributed by atoms with Gasteiger partial charge in [0.2, 0.25) is 0 Å². The molecule has 1 aliphatic heterocycles. The van der Waals surface area contributed by atoms with Crippen LogP contribution in [0.3, 0.4) is 0 Å². The highest BCUT2D eigenvalue weighted by Gasteiger charge is 2.57. The summed E-state index contributed by atoms with van der Waals surface area (Å²) >= 11 is 0. The molecule has 1 saturated carbocycles. The highest BCUT2D eigenvalue weighted by atomic mass is 19.1. The second kappa shape index (κ2) is 6.93. The molecule has 1 fully saturated rings. The molecule has 4 rings (SSSR count). The lowest BCUT2D eigenvalue weighted by atomic mass is 9.98. The average molecular weight is 380 g/mol. The first-order chi connectivity index (χ1) is 13.5. The van der Waals surface area contributed by atoms with Crippen LogP contribution in [0.2, 0.25) is 0 Å². The van der Waals surface area contributed by atoms with Crippen LogP contribution < -0.4 is 15.4 Å². The van der Waals surface area contributed by atoms with Crippen molar-refractivity contribution >= 4 is 17.6 Å². The number of carbonyl (C=O) groups excluding carboxylic acids is 2. The first-order valence-corrected chi connectivity index (χ1v) is 8.95. The standard InChI is InChI=1S/C20H17FN4O3/c1-2-14(26)11-4-5-13(21)17-16-12(9-28-19(11)17)18(16)25-20(27)24-15-6-3-10(7-22)8-23-15/h3-6,8,12,16,18H,2,9H2,1H3,(H2,23,24,25,27)/t12?,16-,18-/m1/s1. The molecule has 2 aliphatic rings. The lowest BCUT2D eigenvalue weighted by Gasteiger charge is -2.19. The van der Waals surface area contributed by atoms with Crippen LogP contribution in [0.4, 0.5) is 15.0 Å². The van der Waals surface area contributed by atoms with E-state index in [1.54, 1.807) is 13.0 Å². The Hall–Kier alpha value is -3.47. The molecule has 1 unspecified atom stereocenters. The van der Waals surface area contributed by atoms with Crippen molar-refractivity contribution in [3.05, 3.63) is 53.0 Å². The number of fused-ring (bicyclic) bond motifs is 3. The van der Waals surface area contributed by atoms with E-state index in [1.165, 1.54) is 24.4 Å². The lowest BCUT2D eigenvalue weighted by molar-refractivity contribution is 0.0983. The van der Waals surface area contributed by atoms with E-state index >= 15 is 0 Å². The second-order valence-corrected chi connectivity index (χ2v) is 6.78. The fourth-order valence-electron chi connectivity index (χ4n) is 3.64. The summed E-state index contributed by atoms with van der Waals surface area (Å²) < 4.78 is 20.2. The quantitative estimate of drug-likeness (QED) is 0.794. The summed E-state index contributed by atoms with van der Waals surface area (Å²) in [7, 11) is 0. The highest BCUT2D eigenvalue weighted by molar-refractivity contribution is 5.99. The largest absolute Gasteiger partial charge is 0.492 e. The van der Waals surface area contributed by atoms with Gasteiger partial charge in [-0.25, -0.2) is 14.2 Å². The van der Waals surface area contributed by atoms with Crippen LogP contribution in [0.5, 0.6) is 5.75 Å². The molecule has 7 nitrogen and oxygen atoms in total. The number of aromatic nitrogens is 1. The number of ether oxygens (including phenoxy) is 1. The Morgan fingerprint density at radius 1 is 1.36 bits per heavy atom. The van der Waals surface area contributed by atoms with Crippen molar-refractivity contribution in [1.29, 1.82) is 5.26 Å². The minimum atomic E-state index is -0.473. The monoisotopic (exact) mass is 380 g/mol. The Bertz CT molecular complexity index is 1000. The number of carbonyl (C=O) groups is 2. The average Bonchev–Trinajstić information content (AvgIpc) is 3.40. The molecule has 2 aromatic rings. The molecule has 2 N–H and O–H groups in total. The van der Waals surface area contributed by atoms with Crippen molar-refractivity contribution in [2.24, 2.45) is 5.92 Å². The Morgan fingerprint density at radius 2 is 2.18 bits per heavy atom. The number of halogens is 1. The molecule has 0 saturated heterocycles. The van der Waals surface area contributed by atoms with Crippen LogP contribution in [0.15, 0.2) is 30.5 Å². The van der Waals surface area contributed by atoms with Gasteiger partial charge in [0.05, 0.1) is 17.7 Å². The Morgan fingerprint density at radius 3 is 2.86 bits per heavy atom. The van der Waals surface area contributed by atoms with Crippen LogP contribution in [0.1, 0.15) is 40.7 Å². The van der Waals surface area contributed by atoms with Crippen LogP contribution in [0, 0.1) is 23.1 Å². The molecule has 0 bridgehead atoms. The van der Waals surface area contributed by atoms with Crippen molar-refractivity contribution in [3.63, 3.8) is 0 Å². The number of benzene rings is 1. The van der Waals surface area contributed by atoms with Gasteiger partial charge in [0, 0.05) is 36.1 Å². The molecule has 2 heterocycles. The number of nitrogens with one attached hydrogen (secondary N) is 2. The minimum absolute atomic E-state index is 0.0475. The predicted molar refractivity (Wildman–Crippen MR) is 97.6 cm³/mol. The van der Waals surface area contributed by atoms with Gasteiger partial charge in [0.15, 0.2) is 5.78 Å². The zero-order valence-corrected chi connectivity index (χ0v) is 15.0. The molecule has 28 heavy (non-hydrogen) atoms. The van der Waals surface area contributed by atoms with E-state index in [0.717, 1.165) is 0 Å². The summed E-state index contributed by atoms with van der Waals surface area (Å²) in [5.41, 5.74) is 1.13. The maximum atomic E-state index is 14.5. The van der Waals surface area contributed by atoms with Gasteiger partial charge in [-0.3, -0.25) is 10.1 Å². The number of ketones is 1. The van der Waals surface area contributed by atoms with Crippen molar-refractivity contribution < 1.29 is 18.7 Å². The van der Waals surface area contributed by atoms with Gasteiger partial charge in [-0.2, -0.15) is 5.26 Å². The second-order valence-electron chi connectivity index (χ2n) is 6.78. The first-order valence-electron chi connectivity index (χ1n) is 8.95. The van der Waals surface area contributed by atoms with Crippen molar-refractivity contribution in [2.45, 2.75) is 25.3 Å². The summed E-state index contributed by atoms with van der Waals surface area (Å²) in [4.78, 5) is 28.4. The van der Waals surface area contributed by atoms with Crippen molar-refractivity contribution in [2.75, 3.05) is 11.9 Å². The fraction of sp³-hybridized carbons (Fsp3) is 0.300. The third-order valence-corrected chi connectivity index (χ3v) is 5.12. The van der Waals surface area contributed by atoms with Crippen LogP contribution in [-0.2, 0) is 0 Å². The van der Waals surface area contributed by atoms with Gasteiger partial charge in [-0.1, -0.05) is 6.92 Å². The summed E-state index contributed by atoms with van der Waals surface area (Å²) in [6.45, 7) is 2.05. The Kier molecular flexibility index (Phi) is 4.43. The highest BCUT2D eigenvalue weighted by Crippen LogP contribution is 2.55. The number of nitriles is 1. The van der Waals surface area contributed by atoms with Gasteiger partial charge in [-0.15, -0.1) is 0 Å². The smallest absolute Gasteiger partial charge is 0.320 e. The number of hydrogen-bond donors (Lipinski definition) is 2. The summed E-state index contributed by atoms with van der Waals surface area (Å²) in [5.74, 6) is -0.215. The van der Waals surface area contributed by atoms with Gasteiger partial charge in [-0.05, 0) is 24.3 Å². The lowest BCUT2D eigenvalue weighted by Crippen LogP contribution is -2.32. The summed E-state index contributed by atoms with van der Waals surface area (Å²) in [5, 5.41) is 14.2. The Labute approximate surface area is 160 Å². The normalized spacial score (nSPS) is 21.4. The fourth-order valence-corrected chi connectivity index (χ4v) is 3.64. The molecule has 1 aromatic heterocycles. The number of amides is 2. The molecule has 8 heteroatoms. The molecule has 0 spiro atoms. The number of urea groups is 1. The van der Waals surface area contributed by atoms with E-state index in [-0.39, 0.29) is 23.7 Å². The number of rotatable bonds is 4. The molecule has 3 atom stereocenters. The van der Waals surface area contributed by atoms with E-state index in [4.69, 9.17) is 10.00 Å². The van der Waals surface area contributed by atoms with Gasteiger partial charge < -0.3 is 10.1 Å². The third kappa shape index (κ3) is 3.05. The van der Waals surface area contributed by atoms with Gasteiger partial charge in [0.25, 0.3) is 0 Å². The number of nitrogens with zero attached hydrogens (tertiary/aromatic N) is 2. The van der Waals surface area contributed by atoms with E-state index in [2.05, 4.69) is 15.6 Å². The zero-order chi connectivity index (χ0) is 19.8. The number of pyridine rings is 1. The van der Waals surface area contributed by atoms with Gasteiger partial charge in [0.1, 0.15) is 23.5 Å². The number of Topliss-reactive ketones (excluding diaryl/α,β-unsaturated/α-hetero) is 1. The molecule has 142 valence electrons. The zero-order valence-electron chi connectivity index (χ0n) is 15.0.